The summed E-state index contributed by atoms with van der Waals surface area (Å²) >= 11 is 0. The minimum Gasteiger partial charge on any atom is -0.502 e. The van der Waals surface area contributed by atoms with E-state index in [0.29, 0.717) is 6.42 Å². The fraction of sp³-hybridized carbons (Fsp3) is 0.400. The van der Waals surface area contributed by atoms with Crippen LogP contribution in [0.5, 0.6) is 5.75 Å². The smallest absolute Gasteiger partial charge is 0.387 e. The summed E-state index contributed by atoms with van der Waals surface area (Å²) in [4.78, 5) is 19.8. The van der Waals surface area contributed by atoms with Crippen LogP contribution in [-0.2, 0) is 6.42 Å². The van der Waals surface area contributed by atoms with Gasteiger partial charge in [0.1, 0.15) is 0 Å². The number of hydrogen-bond donors (Lipinski definition) is 1. The molecule has 0 atom stereocenters. The first kappa shape index (κ1) is 12.9. The predicted octanol–water partition coefficient (Wildman–Crippen LogP) is 2.41. The third-order valence-corrected chi connectivity index (χ3v) is 2.21. The number of rotatable bonds is 4. The first-order chi connectivity index (χ1) is 7.84. The molecule has 0 fully saturated rings. The number of nitrogens with zero attached hydrogens (tertiary/aromatic N) is 2. The molecule has 0 saturated carbocycles. The average Bonchev–Trinajstić information content (AvgIpc) is 2.18. The molecule has 0 aliphatic heterocycles. The quantitative estimate of drug-likeness (QED) is 0.642. The molecule has 0 amide bonds. The zero-order valence-electron chi connectivity index (χ0n) is 9.41. The van der Waals surface area contributed by atoms with E-state index in [1.807, 2.05) is 13.8 Å². The Labute approximate surface area is 97.0 Å². The van der Waals surface area contributed by atoms with Crippen LogP contribution >= 0.6 is 0 Å². The number of nitro groups is 2. The van der Waals surface area contributed by atoms with Crippen molar-refractivity contribution in [1.29, 1.82) is 0 Å². The van der Waals surface area contributed by atoms with E-state index in [1.54, 1.807) is 0 Å². The summed E-state index contributed by atoms with van der Waals surface area (Å²) in [5.74, 6) is -0.563. The molecule has 7 nitrogen and oxygen atoms in total. The van der Waals surface area contributed by atoms with Crippen LogP contribution in [0.4, 0.5) is 11.4 Å². The van der Waals surface area contributed by atoms with Crippen LogP contribution in [-0.4, -0.2) is 15.0 Å². The van der Waals surface area contributed by atoms with Gasteiger partial charge in [0.15, 0.2) is 0 Å². The molecule has 0 aliphatic carbocycles. The molecule has 0 aromatic heterocycles. The molecule has 0 unspecified atom stereocenters. The molecule has 0 heterocycles. The average molecular weight is 240 g/mol. The van der Waals surface area contributed by atoms with Gasteiger partial charge in [-0.1, -0.05) is 13.8 Å². The van der Waals surface area contributed by atoms with Crippen LogP contribution in [0.25, 0.3) is 0 Å². The Hall–Kier alpha value is -2.18. The van der Waals surface area contributed by atoms with E-state index in [1.165, 1.54) is 6.07 Å². The summed E-state index contributed by atoms with van der Waals surface area (Å²) in [5.41, 5.74) is -1.20. The van der Waals surface area contributed by atoms with E-state index in [4.69, 9.17) is 0 Å². The van der Waals surface area contributed by atoms with E-state index in [9.17, 15) is 25.3 Å². The fourth-order valence-corrected chi connectivity index (χ4v) is 1.60. The van der Waals surface area contributed by atoms with Crippen molar-refractivity contribution in [3.8, 4) is 5.75 Å². The van der Waals surface area contributed by atoms with Crippen molar-refractivity contribution >= 4 is 11.4 Å². The Morgan fingerprint density at radius 1 is 1.18 bits per heavy atom. The summed E-state index contributed by atoms with van der Waals surface area (Å²) in [6, 6.07) is 2.46. The molecule has 0 spiro atoms. The van der Waals surface area contributed by atoms with E-state index in [2.05, 4.69) is 0 Å². The van der Waals surface area contributed by atoms with Crippen molar-refractivity contribution in [2.45, 2.75) is 20.3 Å². The molecule has 1 aromatic carbocycles. The van der Waals surface area contributed by atoms with Gasteiger partial charge in [-0.2, -0.15) is 0 Å². The minimum absolute atomic E-state index is 0.123. The van der Waals surface area contributed by atoms with Crippen LogP contribution < -0.4 is 0 Å². The molecule has 0 aliphatic rings. The van der Waals surface area contributed by atoms with Gasteiger partial charge < -0.3 is 5.11 Å². The Morgan fingerprint density at radius 3 is 2.12 bits per heavy atom. The normalized spacial score (nSPS) is 10.5. The number of nitro benzene ring substituents is 2. The van der Waals surface area contributed by atoms with Gasteiger partial charge in [-0.15, -0.1) is 0 Å². The van der Waals surface area contributed by atoms with Crippen molar-refractivity contribution in [1.82, 2.24) is 0 Å². The van der Waals surface area contributed by atoms with Gasteiger partial charge in [-0.3, -0.25) is 20.2 Å². The Bertz CT molecular complexity index is 470. The number of benzene rings is 1. The summed E-state index contributed by atoms with van der Waals surface area (Å²) in [5, 5.41) is 30.9. The zero-order chi connectivity index (χ0) is 13.2. The van der Waals surface area contributed by atoms with E-state index < -0.39 is 27.0 Å². The van der Waals surface area contributed by atoms with Crippen molar-refractivity contribution < 1.29 is 15.0 Å². The molecule has 17 heavy (non-hydrogen) atoms. The second-order valence-electron chi connectivity index (χ2n) is 4.05. The monoisotopic (exact) mass is 240 g/mol. The standard InChI is InChI=1S/C10H12N2O5/c1-6(2)5-7-3-4-8(13)10(12(16)17)9(7)11(14)15/h3-4,6,13H,5H2,1-2H3. The van der Waals surface area contributed by atoms with Gasteiger partial charge >= 0.3 is 11.4 Å². The summed E-state index contributed by atoms with van der Waals surface area (Å²) in [6.07, 6.45) is 0.345. The first-order valence-corrected chi connectivity index (χ1v) is 4.98. The highest BCUT2D eigenvalue weighted by molar-refractivity contribution is 5.65. The highest BCUT2D eigenvalue weighted by Gasteiger charge is 2.32. The maximum atomic E-state index is 10.9. The van der Waals surface area contributed by atoms with Crippen LogP contribution in [0, 0.1) is 26.1 Å². The minimum atomic E-state index is -0.933. The van der Waals surface area contributed by atoms with Crippen molar-refractivity contribution in [2.24, 2.45) is 5.92 Å². The Balaban J connectivity index is 3.47. The van der Waals surface area contributed by atoms with Gasteiger partial charge in [-0.25, -0.2) is 0 Å². The Kier molecular flexibility index (Phi) is 3.62. The van der Waals surface area contributed by atoms with Crippen LogP contribution in [0.1, 0.15) is 19.4 Å². The number of aromatic hydroxyl groups is 1. The van der Waals surface area contributed by atoms with Crippen molar-refractivity contribution in [3.05, 3.63) is 37.9 Å². The van der Waals surface area contributed by atoms with Gasteiger partial charge in [-0.05, 0) is 24.5 Å². The zero-order valence-corrected chi connectivity index (χ0v) is 9.41. The molecule has 1 aromatic rings. The highest BCUT2D eigenvalue weighted by Crippen LogP contribution is 2.39. The predicted molar refractivity (Wildman–Crippen MR) is 60.0 cm³/mol. The first-order valence-electron chi connectivity index (χ1n) is 4.98. The SMILES string of the molecule is CC(C)Cc1ccc(O)c([N+](=O)[O-])c1[N+](=O)[O-]. The lowest BCUT2D eigenvalue weighted by molar-refractivity contribution is -0.423. The molecular weight excluding hydrogens is 228 g/mol. The van der Waals surface area contributed by atoms with E-state index in [-0.39, 0.29) is 11.5 Å². The molecule has 0 radical (unpaired) electrons. The molecule has 1 N–H and O–H groups in total. The molecular formula is C10H12N2O5. The largest absolute Gasteiger partial charge is 0.502 e. The summed E-state index contributed by atoms with van der Waals surface area (Å²) < 4.78 is 0. The maximum absolute atomic E-state index is 10.9. The van der Waals surface area contributed by atoms with Crippen LogP contribution in [0.2, 0.25) is 0 Å². The molecule has 92 valence electrons. The van der Waals surface area contributed by atoms with E-state index in [0.717, 1.165) is 6.07 Å². The lowest BCUT2D eigenvalue weighted by atomic mass is 10.00. The van der Waals surface area contributed by atoms with Crippen molar-refractivity contribution in [3.63, 3.8) is 0 Å². The number of phenolic OH excluding ortho intramolecular Hbond substituents is 1. The number of phenols is 1. The topological polar surface area (TPSA) is 107 Å². The lowest BCUT2D eigenvalue weighted by Gasteiger charge is -2.06. The van der Waals surface area contributed by atoms with Gasteiger partial charge in [0, 0.05) is 5.56 Å². The Morgan fingerprint density at radius 2 is 1.71 bits per heavy atom. The lowest BCUT2D eigenvalue weighted by Crippen LogP contribution is -2.03. The van der Waals surface area contributed by atoms with Crippen LogP contribution in [0.15, 0.2) is 12.1 Å². The second-order valence-corrected chi connectivity index (χ2v) is 4.05. The fourth-order valence-electron chi connectivity index (χ4n) is 1.60. The molecule has 0 bridgehead atoms. The van der Waals surface area contributed by atoms with Gasteiger partial charge in [0.2, 0.25) is 5.75 Å². The molecule has 0 saturated heterocycles. The molecule has 1 rings (SSSR count). The van der Waals surface area contributed by atoms with Gasteiger partial charge in [0.05, 0.1) is 9.85 Å². The summed E-state index contributed by atoms with van der Waals surface area (Å²) in [7, 11) is 0. The molecule has 7 heteroatoms. The van der Waals surface area contributed by atoms with Crippen LogP contribution in [0.3, 0.4) is 0 Å². The maximum Gasteiger partial charge on any atom is 0.387 e. The summed E-state index contributed by atoms with van der Waals surface area (Å²) in [6.45, 7) is 3.70. The van der Waals surface area contributed by atoms with E-state index >= 15 is 0 Å². The highest BCUT2D eigenvalue weighted by atomic mass is 16.6. The van der Waals surface area contributed by atoms with Gasteiger partial charge in [0.25, 0.3) is 0 Å². The third kappa shape index (κ3) is 2.68. The third-order valence-electron chi connectivity index (χ3n) is 2.21. The number of hydrogen-bond acceptors (Lipinski definition) is 5. The van der Waals surface area contributed by atoms with Crippen molar-refractivity contribution in [2.75, 3.05) is 0 Å². The second kappa shape index (κ2) is 4.77.